The summed E-state index contributed by atoms with van der Waals surface area (Å²) in [5.74, 6) is 0. The van der Waals surface area contributed by atoms with Crippen LogP contribution in [0.25, 0.3) is 21.7 Å². The van der Waals surface area contributed by atoms with Crippen molar-refractivity contribution in [1.82, 2.24) is 4.98 Å². The lowest BCUT2D eigenvalue weighted by Gasteiger charge is -2.24. The lowest BCUT2D eigenvalue weighted by molar-refractivity contribution is 0.112. The number of rotatable bonds is 6. The lowest BCUT2D eigenvalue weighted by atomic mass is 10.0. The van der Waals surface area contributed by atoms with Gasteiger partial charge in [0.05, 0.1) is 0 Å². The summed E-state index contributed by atoms with van der Waals surface area (Å²) in [4.78, 5) is 16.8. The molecule has 3 rings (SSSR count). The molecule has 0 atom stereocenters. The fourth-order valence-corrected chi connectivity index (χ4v) is 3.18. The molecule has 0 aliphatic carbocycles. The minimum atomic E-state index is 0.729. The minimum Gasteiger partial charge on any atom is -0.372 e. The molecule has 0 fully saturated rings. The minimum absolute atomic E-state index is 0.729. The molecule has 2 aromatic carbocycles. The molecule has 1 aromatic heterocycles. The van der Waals surface area contributed by atoms with Gasteiger partial charge in [0, 0.05) is 41.4 Å². The zero-order valence-corrected chi connectivity index (χ0v) is 13.2. The fraction of sp³-hybridized carbons (Fsp3) is 0.316. The molecule has 0 aliphatic heterocycles. The van der Waals surface area contributed by atoms with Gasteiger partial charge in [0.25, 0.3) is 0 Å². The molecule has 3 aromatic rings. The van der Waals surface area contributed by atoms with E-state index in [0.29, 0.717) is 0 Å². The summed E-state index contributed by atoms with van der Waals surface area (Å²) in [6.07, 6.45) is 4.99. The van der Waals surface area contributed by atoms with Crippen molar-refractivity contribution < 1.29 is 4.79 Å². The van der Waals surface area contributed by atoms with Crippen molar-refractivity contribution in [2.45, 2.75) is 26.7 Å². The van der Waals surface area contributed by atoms with Crippen LogP contribution in [-0.2, 0) is 0 Å². The molecule has 0 amide bonds. The highest BCUT2D eigenvalue weighted by Gasteiger charge is 2.10. The van der Waals surface area contributed by atoms with Crippen molar-refractivity contribution in [2.24, 2.45) is 0 Å². The number of aromatic nitrogens is 1. The standard InChI is InChI=1S/C19H22N2O/c1-3-9-21(10-4-2)16-6-7-17-14(11-16)5-8-18-19(17)15(13-22)12-20-18/h5-8,11-13,20H,3-4,9-10H2,1-2H3. The van der Waals surface area contributed by atoms with E-state index < -0.39 is 0 Å². The summed E-state index contributed by atoms with van der Waals surface area (Å²) < 4.78 is 0. The first-order valence-corrected chi connectivity index (χ1v) is 8.02. The number of aromatic amines is 1. The van der Waals surface area contributed by atoms with E-state index in [0.717, 1.165) is 54.1 Å². The predicted molar refractivity (Wildman–Crippen MR) is 94.0 cm³/mol. The van der Waals surface area contributed by atoms with Crippen LogP contribution in [0, 0.1) is 0 Å². The van der Waals surface area contributed by atoms with Crippen molar-refractivity contribution in [1.29, 1.82) is 0 Å². The average molecular weight is 294 g/mol. The Bertz CT molecular complexity index is 798. The van der Waals surface area contributed by atoms with Gasteiger partial charge in [-0.15, -0.1) is 0 Å². The summed E-state index contributed by atoms with van der Waals surface area (Å²) in [5.41, 5.74) is 3.01. The number of hydrogen-bond acceptors (Lipinski definition) is 2. The normalized spacial score (nSPS) is 11.2. The van der Waals surface area contributed by atoms with Gasteiger partial charge in [-0.25, -0.2) is 0 Å². The molecule has 1 heterocycles. The van der Waals surface area contributed by atoms with Crippen molar-refractivity contribution in [2.75, 3.05) is 18.0 Å². The number of fused-ring (bicyclic) bond motifs is 3. The maximum atomic E-state index is 11.2. The molecule has 3 nitrogen and oxygen atoms in total. The van der Waals surface area contributed by atoms with Gasteiger partial charge in [0.1, 0.15) is 0 Å². The van der Waals surface area contributed by atoms with Crippen LogP contribution >= 0.6 is 0 Å². The van der Waals surface area contributed by atoms with Crippen LogP contribution in [-0.4, -0.2) is 24.4 Å². The van der Waals surface area contributed by atoms with Crippen LogP contribution in [0.2, 0.25) is 0 Å². The molecule has 114 valence electrons. The zero-order valence-electron chi connectivity index (χ0n) is 13.2. The predicted octanol–water partition coefficient (Wildman–Crippen LogP) is 4.76. The van der Waals surface area contributed by atoms with E-state index in [1.807, 2.05) is 0 Å². The third-order valence-corrected chi connectivity index (χ3v) is 4.15. The number of nitrogens with zero attached hydrogens (tertiary/aromatic N) is 1. The molecule has 0 radical (unpaired) electrons. The first kappa shape index (κ1) is 14.6. The van der Waals surface area contributed by atoms with Gasteiger partial charge in [-0.05, 0) is 41.8 Å². The SMILES string of the molecule is CCCN(CCC)c1ccc2c(ccc3[nH]cc(C=O)c32)c1. The van der Waals surface area contributed by atoms with Gasteiger partial charge in [0.15, 0.2) is 6.29 Å². The Labute approximate surface area is 130 Å². The van der Waals surface area contributed by atoms with E-state index in [-0.39, 0.29) is 0 Å². The van der Waals surface area contributed by atoms with Crippen molar-refractivity contribution in [3.8, 4) is 0 Å². The number of carbonyl (C=O) groups is 1. The Morgan fingerprint density at radius 1 is 1.09 bits per heavy atom. The smallest absolute Gasteiger partial charge is 0.152 e. The first-order valence-electron chi connectivity index (χ1n) is 8.02. The summed E-state index contributed by atoms with van der Waals surface area (Å²) >= 11 is 0. The maximum Gasteiger partial charge on any atom is 0.152 e. The van der Waals surface area contributed by atoms with Crippen LogP contribution in [0.5, 0.6) is 0 Å². The van der Waals surface area contributed by atoms with E-state index in [1.165, 1.54) is 11.1 Å². The Hall–Kier alpha value is -2.29. The van der Waals surface area contributed by atoms with E-state index in [4.69, 9.17) is 0 Å². The van der Waals surface area contributed by atoms with Gasteiger partial charge in [0.2, 0.25) is 0 Å². The second-order valence-corrected chi connectivity index (χ2v) is 5.74. The van der Waals surface area contributed by atoms with Gasteiger partial charge in [-0.1, -0.05) is 26.0 Å². The lowest BCUT2D eigenvalue weighted by Crippen LogP contribution is -2.24. The molecule has 0 aliphatic rings. The number of nitrogens with one attached hydrogen (secondary N) is 1. The number of aldehydes is 1. The summed E-state index contributed by atoms with van der Waals surface area (Å²) in [6, 6.07) is 10.7. The first-order chi connectivity index (χ1) is 10.8. The molecule has 0 spiro atoms. The van der Waals surface area contributed by atoms with Crippen LogP contribution in [0.1, 0.15) is 37.0 Å². The molecule has 0 unspecified atom stereocenters. The second kappa shape index (κ2) is 6.22. The summed E-state index contributed by atoms with van der Waals surface area (Å²) in [6.45, 7) is 6.57. The third kappa shape index (κ3) is 2.47. The van der Waals surface area contributed by atoms with Gasteiger partial charge in [-0.2, -0.15) is 0 Å². The number of hydrogen-bond donors (Lipinski definition) is 1. The molecule has 1 N–H and O–H groups in total. The Morgan fingerprint density at radius 2 is 1.86 bits per heavy atom. The van der Waals surface area contributed by atoms with Gasteiger partial charge >= 0.3 is 0 Å². The van der Waals surface area contributed by atoms with Crippen LogP contribution in [0.4, 0.5) is 5.69 Å². The second-order valence-electron chi connectivity index (χ2n) is 5.74. The largest absolute Gasteiger partial charge is 0.372 e. The average Bonchev–Trinajstić information content (AvgIpc) is 2.97. The zero-order chi connectivity index (χ0) is 15.5. The van der Waals surface area contributed by atoms with Gasteiger partial charge in [-0.3, -0.25) is 4.79 Å². The van der Waals surface area contributed by atoms with Crippen molar-refractivity contribution >= 4 is 33.6 Å². The van der Waals surface area contributed by atoms with Crippen molar-refractivity contribution in [3.63, 3.8) is 0 Å². The highest BCUT2D eigenvalue weighted by atomic mass is 16.1. The molecule has 3 heteroatoms. The molecule has 0 bridgehead atoms. The monoisotopic (exact) mass is 294 g/mol. The third-order valence-electron chi connectivity index (χ3n) is 4.15. The summed E-state index contributed by atoms with van der Waals surface area (Å²) in [7, 11) is 0. The maximum absolute atomic E-state index is 11.2. The number of carbonyl (C=O) groups excluding carboxylic acids is 1. The Morgan fingerprint density at radius 3 is 2.55 bits per heavy atom. The fourth-order valence-electron chi connectivity index (χ4n) is 3.18. The molecule has 0 saturated heterocycles. The van der Waals surface area contributed by atoms with E-state index in [1.54, 1.807) is 6.20 Å². The number of H-pyrrole nitrogens is 1. The molecule has 0 saturated carbocycles. The van der Waals surface area contributed by atoms with E-state index in [9.17, 15) is 4.79 Å². The summed E-state index contributed by atoms with van der Waals surface area (Å²) in [5, 5.41) is 3.35. The highest BCUT2D eigenvalue weighted by molar-refractivity contribution is 6.13. The van der Waals surface area contributed by atoms with Crippen LogP contribution in [0.15, 0.2) is 36.5 Å². The van der Waals surface area contributed by atoms with E-state index in [2.05, 4.69) is 54.1 Å². The Kier molecular flexibility index (Phi) is 4.14. The number of anilines is 1. The Balaban J connectivity index is 2.14. The van der Waals surface area contributed by atoms with Crippen LogP contribution < -0.4 is 4.90 Å². The van der Waals surface area contributed by atoms with Crippen LogP contribution in [0.3, 0.4) is 0 Å². The van der Waals surface area contributed by atoms with E-state index >= 15 is 0 Å². The quantitative estimate of drug-likeness (QED) is 0.665. The highest BCUT2D eigenvalue weighted by Crippen LogP contribution is 2.30. The molecule has 22 heavy (non-hydrogen) atoms. The topological polar surface area (TPSA) is 36.1 Å². The van der Waals surface area contributed by atoms with Gasteiger partial charge < -0.3 is 9.88 Å². The molecular formula is C19H22N2O. The number of benzene rings is 2. The van der Waals surface area contributed by atoms with Crippen molar-refractivity contribution in [3.05, 3.63) is 42.1 Å². The molecular weight excluding hydrogens is 272 g/mol.